The topological polar surface area (TPSA) is 62.4 Å². The molecule has 2 saturated carbocycles. The summed E-state index contributed by atoms with van der Waals surface area (Å²) in [4.78, 5) is 11.8. The number of ether oxygens (including phenoxy) is 2. The maximum absolute atomic E-state index is 11.8. The first kappa shape index (κ1) is 11.2. The van der Waals surface area contributed by atoms with Crippen molar-refractivity contribution in [2.45, 2.75) is 69.4 Å². The maximum Gasteiger partial charge on any atom is 0.312 e. The van der Waals surface area contributed by atoms with Crippen LogP contribution in [0.4, 0.5) is 0 Å². The van der Waals surface area contributed by atoms with Gasteiger partial charge in [0.25, 0.3) is 0 Å². The highest BCUT2D eigenvalue weighted by Crippen LogP contribution is 2.69. The molecule has 0 amide bonds. The van der Waals surface area contributed by atoms with Crippen molar-refractivity contribution in [3.8, 4) is 0 Å². The average molecular weight is 252 g/mol. The second-order valence-electron chi connectivity index (χ2n) is 6.53. The molecule has 0 aromatic rings. The molecule has 2 aliphatic heterocycles. The summed E-state index contributed by atoms with van der Waals surface area (Å²) >= 11 is 0. The molecule has 2 aliphatic carbocycles. The summed E-state index contributed by atoms with van der Waals surface area (Å²) in [5, 5.41) is 9.71. The zero-order valence-corrected chi connectivity index (χ0v) is 10.6. The van der Waals surface area contributed by atoms with Crippen molar-refractivity contribution in [3.63, 3.8) is 0 Å². The van der Waals surface area contributed by atoms with Crippen LogP contribution >= 0.6 is 0 Å². The van der Waals surface area contributed by atoms with Crippen LogP contribution in [0.15, 0.2) is 0 Å². The molecule has 4 nitrogen and oxygen atoms in total. The van der Waals surface area contributed by atoms with Crippen molar-refractivity contribution in [2.24, 2.45) is 11.3 Å². The van der Waals surface area contributed by atoms with Crippen molar-refractivity contribution < 1.29 is 19.4 Å². The molecule has 0 radical (unpaired) electrons. The minimum absolute atomic E-state index is 0.164. The Morgan fingerprint density at radius 3 is 2.67 bits per heavy atom. The number of hydrogen-bond acceptors (Lipinski definition) is 3. The van der Waals surface area contributed by atoms with Gasteiger partial charge in [-0.05, 0) is 25.2 Å². The summed E-state index contributed by atoms with van der Waals surface area (Å²) in [6.07, 6.45) is 8.64. The number of epoxide rings is 2. The van der Waals surface area contributed by atoms with E-state index < -0.39 is 17.2 Å². The first-order chi connectivity index (χ1) is 8.67. The third kappa shape index (κ3) is 1.36. The van der Waals surface area contributed by atoms with E-state index in [1.807, 2.05) is 0 Å². The van der Waals surface area contributed by atoms with Crippen molar-refractivity contribution >= 4 is 5.97 Å². The van der Waals surface area contributed by atoms with Crippen LogP contribution in [0.3, 0.4) is 0 Å². The van der Waals surface area contributed by atoms with Gasteiger partial charge in [-0.15, -0.1) is 0 Å². The highest BCUT2D eigenvalue weighted by molar-refractivity contribution is 5.77. The van der Waals surface area contributed by atoms with E-state index in [0.29, 0.717) is 5.92 Å². The highest BCUT2D eigenvalue weighted by atomic mass is 16.9. The zero-order valence-electron chi connectivity index (χ0n) is 10.6. The van der Waals surface area contributed by atoms with Crippen molar-refractivity contribution in [3.05, 3.63) is 0 Å². The van der Waals surface area contributed by atoms with Crippen LogP contribution in [0.25, 0.3) is 0 Å². The molecule has 0 bridgehead atoms. The van der Waals surface area contributed by atoms with Gasteiger partial charge in [0.2, 0.25) is 5.79 Å². The second kappa shape index (κ2) is 3.48. The summed E-state index contributed by atoms with van der Waals surface area (Å²) in [7, 11) is 0. The monoisotopic (exact) mass is 252 g/mol. The van der Waals surface area contributed by atoms with Gasteiger partial charge in [-0.3, -0.25) is 4.79 Å². The highest BCUT2D eigenvalue weighted by Gasteiger charge is 2.85. The maximum atomic E-state index is 11.8. The number of aliphatic carboxylic acids is 1. The molecule has 4 fully saturated rings. The van der Waals surface area contributed by atoms with Crippen LogP contribution in [0, 0.1) is 11.3 Å². The fourth-order valence-corrected chi connectivity index (χ4v) is 4.37. The molecule has 4 heteroatoms. The summed E-state index contributed by atoms with van der Waals surface area (Å²) in [5.41, 5.74) is -0.658. The lowest BCUT2D eigenvalue weighted by Gasteiger charge is -2.34. The standard InChI is InChI=1S/C14H20O4/c15-12(16)13(8-9-4-2-1-3-5-9)7-6-10-14(17-10)11(13)18-14/h9-11H,1-8H2,(H,15,16). The van der Waals surface area contributed by atoms with Crippen LogP contribution < -0.4 is 0 Å². The molecular formula is C14H20O4. The molecule has 1 spiro atoms. The Balaban J connectivity index is 1.55. The molecular weight excluding hydrogens is 232 g/mol. The predicted octanol–water partition coefficient (Wildman–Crippen LogP) is 2.32. The lowest BCUT2D eigenvalue weighted by Crippen LogP contribution is -2.42. The Kier molecular flexibility index (Phi) is 2.17. The van der Waals surface area contributed by atoms with Gasteiger partial charge in [0.1, 0.15) is 12.2 Å². The summed E-state index contributed by atoms with van der Waals surface area (Å²) in [6, 6.07) is 0. The number of carbonyl (C=O) groups is 1. The van der Waals surface area contributed by atoms with Crippen LogP contribution in [-0.4, -0.2) is 29.1 Å². The van der Waals surface area contributed by atoms with Gasteiger partial charge in [0.15, 0.2) is 0 Å². The normalized spacial score (nSPS) is 50.2. The average Bonchev–Trinajstić information content (AvgIpc) is 3.24. The van der Waals surface area contributed by atoms with Gasteiger partial charge in [0.05, 0.1) is 5.41 Å². The minimum Gasteiger partial charge on any atom is -0.481 e. The number of hydrogen-bond donors (Lipinski definition) is 1. The molecule has 100 valence electrons. The van der Waals surface area contributed by atoms with Gasteiger partial charge in [-0.1, -0.05) is 32.1 Å². The molecule has 2 heterocycles. The van der Waals surface area contributed by atoms with Gasteiger partial charge in [0, 0.05) is 0 Å². The molecule has 0 aromatic heterocycles. The molecule has 4 rings (SSSR count). The fraction of sp³-hybridized carbons (Fsp3) is 0.929. The van der Waals surface area contributed by atoms with Crippen molar-refractivity contribution in [2.75, 3.05) is 0 Å². The smallest absolute Gasteiger partial charge is 0.312 e. The Bertz CT molecular complexity index is 389. The van der Waals surface area contributed by atoms with E-state index in [4.69, 9.17) is 9.47 Å². The Hall–Kier alpha value is -0.610. The van der Waals surface area contributed by atoms with E-state index in [2.05, 4.69) is 0 Å². The van der Waals surface area contributed by atoms with E-state index in [1.54, 1.807) is 0 Å². The summed E-state index contributed by atoms with van der Waals surface area (Å²) < 4.78 is 11.2. The Morgan fingerprint density at radius 1 is 1.17 bits per heavy atom. The van der Waals surface area contributed by atoms with Crippen LogP contribution in [0.5, 0.6) is 0 Å². The van der Waals surface area contributed by atoms with Crippen LogP contribution in [0.2, 0.25) is 0 Å². The predicted molar refractivity (Wildman–Crippen MR) is 63.0 cm³/mol. The molecule has 1 N–H and O–H groups in total. The largest absolute Gasteiger partial charge is 0.481 e. The second-order valence-corrected chi connectivity index (χ2v) is 6.53. The quantitative estimate of drug-likeness (QED) is 0.783. The molecule has 2 saturated heterocycles. The first-order valence-corrected chi connectivity index (χ1v) is 7.26. The number of rotatable bonds is 3. The lowest BCUT2D eigenvalue weighted by atomic mass is 9.67. The molecule has 4 atom stereocenters. The van der Waals surface area contributed by atoms with Crippen LogP contribution in [-0.2, 0) is 14.3 Å². The molecule has 18 heavy (non-hydrogen) atoms. The minimum atomic E-state index is -0.663. The summed E-state index contributed by atoms with van der Waals surface area (Å²) in [5.74, 6) is -0.541. The van der Waals surface area contributed by atoms with Crippen molar-refractivity contribution in [1.29, 1.82) is 0 Å². The zero-order chi connectivity index (χ0) is 12.4. The van der Waals surface area contributed by atoms with Gasteiger partial charge >= 0.3 is 5.97 Å². The van der Waals surface area contributed by atoms with Gasteiger partial charge < -0.3 is 14.6 Å². The van der Waals surface area contributed by atoms with E-state index in [9.17, 15) is 9.90 Å². The Labute approximate surface area is 107 Å². The third-order valence-corrected chi connectivity index (χ3v) is 5.49. The van der Waals surface area contributed by atoms with E-state index in [0.717, 1.165) is 19.3 Å². The van der Waals surface area contributed by atoms with Crippen LogP contribution in [0.1, 0.15) is 51.4 Å². The number of carboxylic acids is 1. The van der Waals surface area contributed by atoms with Gasteiger partial charge in [-0.25, -0.2) is 0 Å². The Morgan fingerprint density at radius 2 is 1.94 bits per heavy atom. The summed E-state index contributed by atoms with van der Waals surface area (Å²) in [6.45, 7) is 0. The SMILES string of the molecule is O=C(O)C1(CC2CCCCC2)CCC2OC23OC13. The molecule has 4 aliphatic rings. The number of carboxylic acid groups (broad SMARTS) is 1. The van der Waals surface area contributed by atoms with E-state index in [-0.39, 0.29) is 12.2 Å². The third-order valence-electron chi connectivity index (χ3n) is 5.49. The lowest BCUT2D eigenvalue weighted by molar-refractivity contribution is -0.152. The van der Waals surface area contributed by atoms with E-state index in [1.165, 1.54) is 32.1 Å². The fourth-order valence-electron chi connectivity index (χ4n) is 4.37. The van der Waals surface area contributed by atoms with Gasteiger partial charge in [-0.2, -0.15) is 0 Å². The van der Waals surface area contributed by atoms with Crippen molar-refractivity contribution in [1.82, 2.24) is 0 Å². The molecule has 0 aromatic carbocycles. The van der Waals surface area contributed by atoms with E-state index >= 15 is 0 Å². The first-order valence-electron chi connectivity index (χ1n) is 7.26. The molecule has 4 unspecified atom stereocenters.